The molecule has 1 aromatic carbocycles. The lowest BCUT2D eigenvalue weighted by Gasteiger charge is -2.18. The summed E-state index contributed by atoms with van der Waals surface area (Å²) in [6.07, 6.45) is 0. The molecule has 2 heterocycles. The van der Waals surface area contributed by atoms with E-state index in [1.165, 1.54) is 0 Å². The van der Waals surface area contributed by atoms with Crippen LogP contribution in [0.1, 0.15) is 11.1 Å². The normalized spacial score (nSPS) is 25.2. The van der Waals surface area contributed by atoms with Gasteiger partial charge in [-0.3, -0.25) is 15.0 Å². The van der Waals surface area contributed by atoms with Gasteiger partial charge in [0.15, 0.2) is 0 Å². The van der Waals surface area contributed by atoms with E-state index in [0.29, 0.717) is 0 Å². The van der Waals surface area contributed by atoms with Crippen molar-refractivity contribution in [1.82, 2.24) is 10.2 Å². The van der Waals surface area contributed by atoms with E-state index in [9.17, 15) is 10.1 Å². The molecule has 1 N–H and O–H groups in total. The number of benzene rings is 1. The molecule has 0 bridgehead atoms. The van der Waals surface area contributed by atoms with E-state index >= 15 is 0 Å². The highest BCUT2D eigenvalue weighted by molar-refractivity contribution is 5.85. The Morgan fingerprint density at radius 1 is 1.35 bits per heavy atom. The van der Waals surface area contributed by atoms with Crippen molar-refractivity contribution in [2.24, 2.45) is 11.8 Å². The Morgan fingerprint density at radius 2 is 2.00 bits per heavy atom. The lowest BCUT2D eigenvalue weighted by Crippen LogP contribution is -2.25. The van der Waals surface area contributed by atoms with Gasteiger partial charge in [-0.2, -0.15) is 0 Å². The van der Waals surface area contributed by atoms with E-state index in [4.69, 9.17) is 0 Å². The minimum Gasteiger partial charge on any atom is -0.316 e. The number of nitrogens with zero attached hydrogens (tertiary/aromatic N) is 2. The third-order valence-corrected chi connectivity index (χ3v) is 4.47. The van der Waals surface area contributed by atoms with Crippen LogP contribution < -0.4 is 5.32 Å². The topological polar surface area (TPSA) is 58.4 Å². The maximum Gasteiger partial charge on any atom is 0.272 e. The summed E-state index contributed by atoms with van der Waals surface area (Å²) in [6, 6.07) is 5.38. The van der Waals surface area contributed by atoms with Gasteiger partial charge in [-0.25, -0.2) is 0 Å². The van der Waals surface area contributed by atoms with Crippen LogP contribution in [-0.2, 0) is 6.54 Å². The fourth-order valence-electron chi connectivity index (χ4n) is 3.36. The van der Waals surface area contributed by atoms with Crippen LogP contribution in [0.4, 0.5) is 5.69 Å². The number of nitro benzene ring substituents is 1. The maximum atomic E-state index is 11.0. The molecular formula is C14H20ClN3O2. The van der Waals surface area contributed by atoms with E-state index in [2.05, 4.69) is 10.2 Å². The molecule has 5 nitrogen and oxygen atoms in total. The van der Waals surface area contributed by atoms with Gasteiger partial charge in [0.25, 0.3) is 5.69 Å². The summed E-state index contributed by atoms with van der Waals surface area (Å²) >= 11 is 0. The molecule has 1 aromatic rings. The SMILES string of the molecule is Cc1c(CN2C[C@H]3CNC[C@H]3C2)cccc1[N+](=O)[O-].Cl. The van der Waals surface area contributed by atoms with Gasteiger partial charge in [0.05, 0.1) is 4.92 Å². The van der Waals surface area contributed by atoms with Crippen LogP contribution in [0.3, 0.4) is 0 Å². The predicted molar refractivity (Wildman–Crippen MR) is 80.2 cm³/mol. The Hall–Kier alpha value is -1.17. The summed E-state index contributed by atoms with van der Waals surface area (Å²) in [6.45, 7) is 7.15. The van der Waals surface area contributed by atoms with Crippen LogP contribution in [0, 0.1) is 28.9 Å². The number of nitro groups is 1. The van der Waals surface area contributed by atoms with Gasteiger partial charge in [-0.05, 0) is 37.4 Å². The third-order valence-electron chi connectivity index (χ3n) is 4.47. The summed E-state index contributed by atoms with van der Waals surface area (Å²) in [5, 5.41) is 14.4. The molecule has 3 rings (SSSR count). The van der Waals surface area contributed by atoms with Crippen molar-refractivity contribution in [2.75, 3.05) is 26.2 Å². The first kappa shape index (κ1) is 15.2. The molecular weight excluding hydrogens is 278 g/mol. The monoisotopic (exact) mass is 297 g/mol. The lowest BCUT2D eigenvalue weighted by molar-refractivity contribution is -0.385. The van der Waals surface area contributed by atoms with Crippen molar-refractivity contribution < 1.29 is 4.92 Å². The highest BCUT2D eigenvalue weighted by Crippen LogP contribution is 2.29. The summed E-state index contributed by atoms with van der Waals surface area (Å²) in [5.41, 5.74) is 2.13. The molecule has 0 unspecified atom stereocenters. The Kier molecular flexibility index (Phi) is 4.62. The third kappa shape index (κ3) is 2.80. The second-order valence-electron chi connectivity index (χ2n) is 5.69. The minimum atomic E-state index is -0.290. The number of hydrogen-bond acceptors (Lipinski definition) is 4. The summed E-state index contributed by atoms with van der Waals surface area (Å²) in [7, 11) is 0. The Balaban J connectivity index is 0.00000147. The van der Waals surface area contributed by atoms with E-state index < -0.39 is 0 Å². The predicted octanol–water partition coefficient (Wildman–Crippen LogP) is 1.98. The molecule has 2 aliphatic rings. The van der Waals surface area contributed by atoms with Crippen molar-refractivity contribution in [3.63, 3.8) is 0 Å². The minimum absolute atomic E-state index is 0. The largest absolute Gasteiger partial charge is 0.316 e. The molecule has 2 aliphatic heterocycles. The molecule has 2 atom stereocenters. The summed E-state index contributed by atoms with van der Waals surface area (Å²) in [5.74, 6) is 1.53. The molecule has 0 aromatic heterocycles. The average molecular weight is 298 g/mol. The van der Waals surface area contributed by atoms with Crippen molar-refractivity contribution in [2.45, 2.75) is 13.5 Å². The van der Waals surface area contributed by atoms with Crippen LogP contribution in [0.25, 0.3) is 0 Å². The Morgan fingerprint density at radius 3 is 2.60 bits per heavy atom. The van der Waals surface area contributed by atoms with Crippen molar-refractivity contribution in [3.05, 3.63) is 39.4 Å². The molecule has 2 saturated heterocycles. The Bertz CT molecular complexity index is 497. The zero-order valence-corrected chi connectivity index (χ0v) is 12.4. The number of halogens is 1. The zero-order valence-electron chi connectivity index (χ0n) is 11.5. The number of likely N-dealkylation sites (tertiary alicyclic amines) is 1. The van der Waals surface area contributed by atoms with Crippen LogP contribution in [0.5, 0.6) is 0 Å². The van der Waals surface area contributed by atoms with Gasteiger partial charge in [-0.15, -0.1) is 12.4 Å². The van der Waals surface area contributed by atoms with Gasteiger partial charge >= 0.3 is 0 Å². The molecule has 2 fully saturated rings. The average Bonchev–Trinajstić information content (AvgIpc) is 2.92. The first-order valence-electron chi connectivity index (χ1n) is 6.81. The van der Waals surface area contributed by atoms with Crippen molar-refractivity contribution in [3.8, 4) is 0 Å². The van der Waals surface area contributed by atoms with Crippen LogP contribution >= 0.6 is 12.4 Å². The van der Waals surface area contributed by atoms with Gasteiger partial charge in [0, 0.05) is 31.3 Å². The highest BCUT2D eigenvalue weighted by atomic mass is 35.5. The molecule has 0 saturated carbocycles. The van der Waals surface area contributed by atoms with E-state index in [-0.39, 0.29) is 23.0 Å². The smallest absolute Gasteiger partial charge is 0.272 e. The maximum absolute atomic E-state index is 11.0. The number of rotatable bonds is 3. The fourth-order valence-corrected chi connectivity index (χ4v) is 3.36. The molecule has 20 heavy (non-hydrogen) atoms. The van der Waals surface area contributed by atoms with Crippen molar-refractivity contribution in [1.29, 1.82) is 0 Å². The lowest BCUT2D eigenvalue weighted by atomic mass is 10.0. The van der Waals surface area contributed by atoms with Gasteiger partial charge in [0.1, 0.15) is 0 Å². The first-order chi connectivity index (χ1) is 9.15. The number of fused-ring (bicyclic) bond motifs is 1. The molecule has 0 aliphatic carbocycles. The second-order valence-corrected chi connectivity index (χ2v) is 5.69. The van der Waals surface area contributed by atoms with Crippen molar-refractivity contribution >= 4 is 18.1 Å². The molecule has 0 radical (unpaired) electrons. The summed E-state index contributed by atoms with van der Waals surface area (Å²) < 4.78 is 0. The zero-order chi connectivity index (χ0) is 13.4. The molecule has 0 spiro atoms. The highest BCUT2D eigenvalue weighted by Gasteiger charge is 2.36. The molecule has 0 amide bonds. The van der Waals surface area contributed by atoms with Gasteiger partial charge in [0.2, 0.25) is 0 Å². The van der Waals surface area contributed by atoms with Gasteiger partial charge < -0.3 is 5.32 Å². The quantitative estimate of drug-likeness (QED) is 0.684. The van der Waals surface area contributed by atoms with Gasteiger partial charge in [-0.1, -0.05) is 12.1 Å². The molecule has 6 heteroatoms. The Labute approximate surface area is 124 Å². The number of nitrogens with one attached hydrogen (secondary N) is 1. The fraction of sp³-hybridized carbons (Fsp3) is 0.571. The second kappa shape index (κ2) is 6.08. The van der Waals surface area contributed by atoms with E-state index in [1.54, 1.807) is 12.1 Å². The van der Waals surface area contributed by atoms with E-state index in [0.717, 1.165) is 55.7 Å². The first-order valence-corrected chi connectivity index (χ1v) is 6.81. The molecule has 110 valence electrons. The van der Waals surface area contributed by atoms with E-state index in [1.807, 2.05) is 13.0 Å². The van der Waals surface area contributed by atoms with Crippen LogP contribution in [-0.4, -0.2) is 36.0 Å². The van der Waals surface area contributed by atoms with Crippen LogP contribution in [0.15, 0.2) is 18.2 Å². The number of hydrogen-bond donors (Lipinski definition) is 1. The summed E-state index contributed by atoms with van der Waals surface area (Å²) in [4.78, 5) is 13.1. The standard InChI is InChI=1S/C14H19N3O2.ClH/c1-10-11(3-2-4-14(10)17(18)19)7-16-8-12-5-15-6-13(12)9-16;/h2-4,12-13,15H,5-9H2,1H3;1H/t12-,13+;. The van der Waals surface area contributed by atoms with Crippen LogP contribution in [0.2, 0.25) is 0 Å².